The summed E-state index contributed by atoms with van der Waals surface area (Å²) in [5.74, 6) is 1.73. The molecule has 0 saturated carbocycles. The highest BCUT2D eigenvalue weighted by Gasteiger charge is 2.24. The standard InChI is InChI=1S/C26H29ClN8O2/c1-15-13-35(14-16(2)37-15)26-30-12-20(27)25(33-26)32-18-6-7-22-19(10-18)21(11-23(36)34(22)4)31-17(3)24-28-8-5-9-29-24/h5-12,15-17,31H,13-14H2,1-4H3,(H,30,32,33). The average molecular weight is 521 g/mol. The Kier molecular flexibility index (Phi) is 6.94. The molecule has 0 aliphatic carbocycles. The average Bonchev–Trinajstić information content (AvgIpc) is 2.88. The smallest absolute Gasteiger partial charge is 0.252 e. The molecule has 192 valence electrons. The van der Waals surface area contributed by atoms with E-state index in [1.54, 1.807) is 42.3 Å². The first-order valence-electron chi connectivity index (χ1n) is 12.2. The van der Waals surface area contributed by atoms with E-state index in [-0.39, 0.29) is 23.8 Å². The van der Waals surface area contributed by atoms with Crippen molar-refractivity contribution in [3.05, 3.63) is 70.1 Å². The Hall–Kier alpha value is -3.76. The molecule has 5 rings (SSSR count). The van der Waals surface area contributed by atoms with Gasteiger partial charge in [0.05, 0.1) is 30.0 Å². The highest BCUT2D eigenvalue weighted by molar-refractivity contribution is 6.32. The number of nitrogens with zero attached hydrogens (tertiary/aromatic N) is 6. The summed E-state index contributed by atoms with van der Waals surface area (Å²) in [5, 5.41) is 7.99. The number of aryl methyl sites for hydroxylation is 1. The van der Waals surface area contributed by atoms with Crippen LogP contribution >= 0.6 is 11.6 Å². The Morgan fingerprint density at radius 1 is 1.11 bits per heavy atom. The number of hydrogen-bond acceptors (Lipinski definition) is 9. The van der Waals surface area contributed by atoms with Crippen LogP contribution in [0.4, 0.5) is 23.1 Å². The molecule has 3 atom stereocenters. The number of nitrogens with one attached hydrogen (secondary N) is 2. The topological polar surface area (TPSA) is 110 Å². The molecule has 1 aliphatic rings. The fourth-order valence-corrected chi connectivity index (χ4v) is 4.70. The number of halogens is 1. The Bertz CT molecular complexity index is 1470. The minimum atomic E-state index is -0.203. The predicted octanol–water partition coefficient (Wildman–Crippen LogP) is 4.30. The van der Waals surface area contributed by atoms with E-state index in [1.807, 2.05) is 39.0 Å². The minimum Gasteiger partial charge on any atom is -0.375 e. The van der Waals surface area contributed by atoms with Crippen LogP contribution in [0.15, 0.2) is 53.7 Å². The second-order valence-electron chi connectivity index (χ2n) is 9.31. The van der Waals surface area contributed by atoms with Crippen molar-refractivity contribution in [3.8, 4) is 0 Å². The zero-order chi connectivity index (χ0) is 26.1. The lowest BCUT2D eigenvalue weighted by Gasteiger charge is -2.35. The summed E-state index contributed by atoms with van der Waals surface area (Å²) in [6, 6.07) is 8.91. The van der Waals surface area contributed by atoms with E-state index < -0.39 is 0 Å². The molecule has 1 aliphatic heterocycles. The Morgan fingerprint density at radius 3 is 2.57 bits per heavy atom. The first kappa shape index (κ1) is 24.9. The third-order valence-corrected chi connectivity index (χ3v) is 6.56. The van der Waals surface area contributed by atoms with Crippen molar-refractivity contribution in [3.63, 3.8) is 0 Å². The summed E-state index contributed by atoms with van der Waals surface area (Å²) < 4.78 is 7.45. The maximum Gasteiger partial charge on any atom is 0.252 e. The fraction of sp³-hybridized carbons (Fsp3) is 0.346. The minimum absolute atomic E-state index is 0.0844. The lowest BCUT2D eigenvalue weighted by atomic mass is 10.1. The zero-order valence-electron chi connectivity index (χ0n) is 21.1. The van der Waals surface area contributed by atoms with Gasteiger partial charge < -0.3 is 24.8 Å². The Balaban J connectivity index is 1.47. The summed E-state index contributed by atoms with van der Waals surface area (Å²) in [4.78, 5) is 32.6. The molecule has 0 amide bonds. The SMILES string of the molecule is CC1CN(c2ncc(Cl)c(Nc3ccc4c(c3)c(NC(C)c3ncccn3)cc(=O)n4C)n2)CC(C)O1. The van der Waals surface area contributed by atoms with Gasteiger partial charge in [-0.2, -0.15) is 4.98 Å². The van der Waals surface area contributed by atoms with Crippen LogP contribution in [0.1, 0.15) is 32.6 Å². The monoisotopic (exact) mass is 520 g/mol. The number of benzene rings is 1. The van der Waals surface area contributed by atoms with E-state index in [0.717, 1.165) is 16.6 Å². The molecule has 1 aromatic carbocycles. The first-order valence-corrected chi connectivity index (χ1v) is 12.5. The molecule has 0 radical (unpaired) electrons. The van der Waals surface area contributed by atoms with Gasteiger partial charge >= 0.3 is 0 Å². The van der Waals surface area contributed by atoms with Gasteiger partial charge in [-0.05, 0) is 45.0 Å². The molecular formula is C26H29ClN8O2. The molecular weight excluding hydrogens is 492 g/mol. The molecule has 2 N–H and O–H groups in total. The van der Waals surface area contributed by atoms with Gasteiger partial charge in [-0.15, -0.1) is 0 Å². The molecule has 4 heterocycles. The van der Waals surface area contributed by atoms with E-state index in [2.05, 4.69) is 30.5 Å². The Labute approximate surface area is 219 Å². The van der Waals surface area contributed by atoms with Gasteiger partial charge in [-0.25, -0.2) is 15.0 Å². The third-order valence-electron chi connectivity index (χ3n) is 6.29. The maximum atomic E-state index is 12.7. The van der Waals surface area contributed by atoms with Gasteiger partial charge in [0.25, 0.3) is 5.56 Å². The number of hydrogen-bond donors (Lipinski definition) is 2. The van der Waals surface area contributed by atoms with Crippen LogP contribution in [-0.4, -0.2) is 49.8 Å². The van der Waals surface area contributed by atoms with E-state index in [1.165, 1.54) is 0 Å². The fourth-order valence-electron chi connectivity index (χ4n) is 4.57. The van der Waals surface area contributed by atoms with Crippen LogP contribution in [-0.2, 0) is 11.8 Å². The molecule has 11 heteroatoms. The van der Waals surface area contributed by atoms with Crippen molar-refractivity contribution in [2.75, 3.05) is 28.6 Å². The maximum absolute atomic E-state index is 12.7. The number of aromatic nitrogens is 5. The molecule has 3 aromatic heterocycles. The van der Waals surface area contributed by atoms with Crippen molar-refractivity contribution in [1.29, 1.82) is 0 Å². The zero-order valence-corrected chi connectivity index (χ0v) is 21.9. The Morgan fingerprint density at radius 2 is 1.84 bits per heavy atom. The van der Waals surface area contributed by atoms with Gasteiger partial charge in [0.2, 0.25) is 5.95 Å². The molecule has 37 heavy (non-hydrogen) atoms. The third kappa shape index (κ3) is 5.35. The number of fused-ring (bicyclic) bond motifs is 1. The molecule has 0 spiro atoms. The van der Waals surface area contributed by atoms with Crippen molar-refractivity contribution < 1.29 is 4.74 Å². The van der Waals surface area contributed by atoms with Crippen molar-refractivity contribution in [1.82, 2.24) is 24.5 Å². The van der Waals surface area contributed by atoms with Crippen LogP contribution in [0.5, 0.6) is 0 Å². The molecule has 10 nitrogen and oxygen atoms in total. The number of pyridine rings is 1. The van der Waals surface area contributed by atoms with Gasteiger partial charge in [0, 0.05) is 55.4 Å². The predicted molar refractivity (Wildman–Crippen MR) is 146 cm³/mol. The molecule has 1 fully saturated rings. The summed E-state index contributed by atoms with van der Waals surface area (Å²) in [6.07, 6.45) is 5.17. The van der Waals surface area contributed by atoms with Crippen LogP contribution in [0.2, 0.25) is 5.02 Å². The van der Waals surface area contributed by atoms with Gasteiger partial charge in [0.15, 0.2) is 5.82 Å². The number of ether oxygens (including phenoxy) is 1. The molecule has 1 saturated heterocycles. The largest absolute Gasteiger partial charge is 0.375 e. The van der Waals surface area contributed by atoms with Crippen molar-refractivity contribution in [2.24, 2.45) is 7.05 Å². The van der Waals surface area contributed by atoms with Crippen molar-refractivity contribution >= 4 is 45.6 Å². The van der Waals surface area contributed by atoms with Gasteiger partial charge in [-0.3, -0.25) is 4.79 Å². The second-order valence-corrected chi connectivity index (χ2v) is 9.72. The van der Waals surface area contributed by atoms with Gasteiger partial charge in [0.1, 0.15) is 10.8 Å². The normalized spacial score (nSPS) is 18.6. The summed E-state index contributed by atoms with van der Waals surface area (Å²) in [5.41, 5.74) is 2.13. The molecule has 0 bridgehead atoms. The lowest BCUT2D eigenvalue weighted by molar-refractivity contribution is -0.00571. The number of anilines is 4. The summed E-state index contributed by atoms with van der Waals surface area (Å²) in [7, 11) is 1.75. The van der Waals surface area contributed by atoms with E-state index >= 15 is 0 Å². The molecule has 4 aromatic rings. The molecule has 3 unspecified atom stereocenters. The van der Waals surface area contributed by atoms with Crippen LogP contribution in [0, 0.1) is 0 Å². The quantitative estimate of drug-likeness (QED) is 0.384. The van der Waals surface area contributed by atoms with Crippen LogP contribution in [0.3, 0.4) is 0 Å². The van der Waals surface area contributed by atoms with E-state index in [9.17, 15) is 4.79 Å². The van der Waals surface area contributed by atoms with E-state index in [0.29, 0.717) is 41.4 Å². The lowest BCUT2D eigenvalue weighted by Crippen LogP contribution is -2.46. The summed E-state index contributed by atoms with van der Waals surface area (Å²) >= 11 is 6.47. The highest BCUT2D eigenvalue weighted by Crippen LogP contribution is 2.31. The van der Waals surface area contributed by atoms with Gasteiger partial charge in [-0.1, -0.05) is 11.6 Å². The number of morpholine rings is 1. The first-order chi connectivity index (χ1) is 17.8. The number of rotatable bonds is 6. The highest BCUT2D eigenvalue weighted by atomic mass is 35.5. The van der Waals surface area contributed by atoms with Crippen LogP contribution < -0.4 is 21.1 Å². The second kappa shape index (κ2) is 10.3. The summed E-state index contributed by atoms with van der Waals surface area (Å²) in [6.45, 7) is 7.44. The van der Waals surface area contributed by atoms with Crippen LogP contribution in [0.25, 0.3) is 10.9 Å². The van der Waals surface area contributed by atoms with E-state index in [4.69, 9.17) is 21.3 Å². The van der Waals surface area contributed by atoms with Crippen molar-refractivity contribution in [2.45, 2.75) is 39.0 Å².